The first kappa shape index (κ1) is 22.8. The van der Waals surface area contributed by atoms with Crippen LogP contribution >= 0.6 is 0 Å². The summed E-state index contributed by atoms with van der Waals surface area (Å²) in [5, 5.41) is 3.03. The molecule has 35 heavy (non-hydrogen) atoms. The molecule has 8 heteroatoms. The van der Waals surface area contributed by atoms with Gasteiger partial charge in [0.1, 0.15) is 5.82 Å². The molecule has 0 aliphatic carbocycles. The number of carbonyl (C=O) groups excluding carboxylic acids is 2. The minimum Gasteiger partial charge on any atom is -0.355 e. The van der Waals surface area contributed by atoms with Crippen molar-refractivity contribution < 1.29 is 9.59 Å². The van der Waals surface area contributed by atoms with Crippen LogP contribution in [0.25, 0.3) is 11.0 Å². The smallest absolute Gasteiger partial charge is 0.253 e. The summed E-state index contributed by atoms with van der Waals surface area (Å²) < 4.78 is 1.97. The van der Waals surface area contributed by atoms with Crippen LogP contribution in [0.1, 0.15) is 39.3 Å². The van der Waals surface area contributed by atoms with Gasteiger partial charge in [-0.05, 0) is 61.2 Å². The molecule has 8 nitrogen and oxygen atoms in total. The third-order valence-corrected chi connectivity index (χ3v) is 6.75. The Morgan fingerprint density at radius 3 is 2.86 bits per heavy atom. The van der Waals surface area contributed by atoms with E-state index in [0.29, 0.717) is 44.6 Å². The number of benzene rings is 2. The minimum absolute atomic E-state index is 0.00282. The van der Waals surface area contributed by atoms with Crippen LogP contribution in [0.3, 0.4) is 0 Å². The van der Waals surface area contributed by atoms with Crippen molar-refractivity contribution in [1.29, 1.82) is 0 Å². The second-order valence-corrected chi connectivity index (χ2v) is 9.35. The van der Waals surface area contributed by atoms with Gasteiger partial charge < -0.3 is 19.8 Å². The maximum atomic E-state index is 13.1. The lowest BCUT2D eigenvalue weighted by molar-refractivity contribution is -0.124. The van der Waals surface area contributed by atoms with Crippen LogP contribution in [-0.2, 0) is 17.8 Å². The van der Waals surface area contributed by atoms with E-state index in [0.717, 1.165) is 22.4 Å². The third kappa shape index (κ3) is 5.11. The number of amides is 2. The molecule has 2 aromatic carbocycles. The van der Waals surface area contributed by atoms with E-state index in [1.54, 1.807) is 17.4 Å². The van der Waals surface area contributed by atoms with Crippen LogP contribution in [-0.4, -0.2) is 55.9 Å². The Morgan fingerprint density at radius 1 is 1.17 bits per heavy atom. The predicted octanol–water partition coefficient (Wildman–Crippen LogP) is 3.25. The highest BCUT2D eigenvalue weighted by molar-refractivity contribution is 5.95. The molecule has 2 aromatic heterocycles. The van der Waals surface area contributed by atoms with Crippen molar-refractivity contribution in [1.82, 2.24) is 29.7 Å². The largest absolute Gasteiger partial charge is 0.355 e. The van der Waals surface area contributed by atoms with Crippen LogP contribution in [0.2, 0.25) is 0 Å². The minimum atomic E-state index is -0.186. The zero-order valence-corrected chi connectivity index (χ0v) is 20.1. The molecular weight excluding hydrogens is 440 g/mol. The number of carbonyl (C=O) groups is 2. The number of fused-ring (bicyclic) bond motifs is 1. The van der Waals surface area contributed by atoms with E-state index in [1.165, 1.54) is 11.1 Å². The van der Waals surface area contributed by atoms with Gasteiger partial charge in [-0.1, -0.05) is 12.1 Å². The van der Waals surface area contributed by atoms with Gasteiger partial charge in [0.25, 0.3) is 5.91 Å². The third-order valence-electron chi connectivity index (χ3n) is 6.75. The van der Waals surface area contributed by atoms with E-state index in [-0.39, 0.29) is 17.7 Å². The molecule has 4 aromatic rings. The molecule has 180 valence electrons. The number of rotatable bonds is 7. The van der Waals surface area contributed by atoms with Gasteiger partial charge in [0, 0.05) is 50.6 Å². The molecule has 0 saturated carbocycles. The topological polar surface area (TPSA) is 95.9 Å². The normalized spacial score (nSPS) is 15.6. The lowest BCUT2D eigenvalue weighted by atomic mass is 10.1. The molecule has 2 N–H and O–H groups in total. The summed E-state index contributed by atoms with van der Waals surface area (Å²) in [6, 6.07) is 11.9. The number of nitrogens with one attached hydrogen (secondary N) is 2. The first-order valence-electron chi connectivity index (χ1n) is 12.0. The molecule has 1 fully saturated rings. The molecule has 1 atom stereocenters. The number of hydrogen-bond donors (Lipinski definition) is 2. The molecule has 0 bridgehead atoms. The highest BCUT2D eigenvalue weighted by atomic mass is 16.2. The van der Waals surface area contributed by atoms with Gasteiger partial charge in [-0.25, -0.2) is 9.97 Å². The fourth-order valence-corrected chi connectivity index (χ4v) is 4.62. The Hall–Kier alpha value is -3.94. The van der Waals surface area contributed by atoms with Crippen LogP contribution in [0.15, 0.2) is 55.1 Å². The first-order valence-corrected chi connectivity index (χ1v) is 12.0. The molecular formula is C27H30N6O2. The van der Waals surface area contributed by atoms with Gasteiger partial charge in [-0.3, -0.25) is 9.59 Å². The predicted molar refractivity (Wildman–Crippen MR) is 134 cm³/mol. The summed E-state index contributed by atoms with van der Waals surface area (Å²) >= 11 is 0. The summed E-state index contributed by atoms with van der Waals surface area (Å²) in [6.07, 6.45) is 6.71. The molecule has 1 aliphatic rings. The molecule has 2 amide bonds. The summed E-state index contributed by atoms with van der Waals surface area (Å²) in [5.74, 6) is 0.649. The standard InChI is InChI=1S/C27H30N6O2/c1-18-12-23-24(13-19(18)2)31-25(30-23)6-8-29-26(34)22-7-10-33(16-22)27(35)21-5-3-4-20(14-21)15-32-11-9-28-17-32/h3-5,9,11-14,17,22H,6-8,10,15-16H2,1-2H3,(H,29,34)(H,30,31). The van der Waals surface area contributed by atoms with Gasteiger partial charge in [0.15, 0.2) is 0 Å². The van der Waals surface area contributed by atoms with E-state index >= 15 is 0 Å². The average Bonchev–Trinajstić information content (AvgIpc) is 3.60. The second-order valence-electron chi connectivity index (χ2n) is 9.35. The Morgan fingerprint density at radius 2 is 2.03 bits per heavy atom. The molecule has 5 rings (SSSR count). The van der Waals surface area contributed by atoms with Gasteiger partial charge in [-0.2, -0.15) is 0 Å². The fraction of sp³-hybridized carbons (Fsp3) is 0.333. The number of imidazole rings is 2. The van der Waals surface area contributed by atoms with Gasteiger partial charge in [0.05, 0.1) is 23.3 Å². The van der Waals surface area contributed by atoms with Crippen molar-refractivity contribution in [3.63, 3.8) is 0 Å². The summed E-state index contributed by atoms with van der Waals surface area (Å²) in [4.78, 5) is 39.6. The van der Waals surface area contributed by atoms with Crippen LogP contribution < -0.4 is 5.32 Å². The second kappa shape index (κ2) is 9.74. The van der Waals surface area contributed by atoms with Crippen LogP contribution in [0.5, 0.6) is 0 Å². The highest BCUT2D eigenvalue weighted by Crippen LogP contribution is 2.20. The van der Waals surface area contributed by atoms with Crippen molar-refractivity contribution in [3.05, 3.63) is 83.2 Å². The van der Waals surface area contributed by atoms with Crippen molar-refractivity contribution >= 4 is 22.8 Å². The number of aromatic nitrogens is 4. The summed E-state index contributed by atoms with van der Waals surface area (Å²) in [5.41, 5.74) is 6.11. The quantitative estimate of drug-likeness (QED) is 0.433. The molecule has 0 spiro atoms. The van der Waals surface area contributed by atoms with Crippen LogP contribution in [0.4, 0.5) is 0 Å². The summed E-state index contributed by atoms with van der Waals surface area (Å²) in [7, 11) is 0. The molecule has 0 radical (unpaired) electrons. The SMILES string of the molecule is Cc1cc2nc(CCNC(=O)C3CCN(C(=O)c4cccc(Cn5ccnc5)c4)C3)[nH]c2cc1C. The number of aromatic amines is 1. The zero-order chi connectivity index (χ0) is 24.4. The molecule has 1 unspecified atom stereocenters. The van der Waals surface area contributed by atoms with Crippen molar-refractivity contribution in [2.45, 2.75) is 33.2 Å². The Balaban J connectivity index is 1.13. The number of aryl methyl sites for hydroxylation is 2. The van der Waals surface area contributed by atoms with Crippen LogP contribution in [0, 0.1) is 19.8 Å². The van der Waals surface area contributed by atoms with E-state index in [2.05, 4.69) is 46.2 Å². The van der Waals surface area contributed by atoms with Gasteiger partial charge in [0.2, 0.25) is 5.91 Å². The Labute approximate surface area is 204 Å². The maximum absolute atomic E-state index is 13.1. The van der Waals surface area contributed by atoms with E-state index in [9.17, 15) is 9.59 Å². The fourth-order valence-electron chi connectivity index (χ4n) is 4.62. The zero-order valence-electron chi connectivity index (χ0n) is 20.1. The lowest BCUT2D eigenvalue weighted by Crippen LogP contribution is -2.35. The lowest BCUT2D eigenvalue weighted by Gasteiger charge is -2.17. The average molecular weight is 471 g/mol. The molecule has 1 saturated heterocycles. The summed E-state index contributed by atoms with van der Waals surface area (Å²) in [6.45, 7) is 6.37. The molecule has 3 heterocycles. The van der Waals surface area contributed by atoms with Crippen molar-refractivity contribution in [3.8, 4) is 0 Å². The molecule has 1 aliphatic heterocycles. The monoisotopic (exact) mass is 470 g/mol. The maximum Gasteiger partial charge on any atom is 0.253 e. The number of nitrogens with zero attached hydrogens (tertiary/aromatic N) is 4. The Bertz CT molecular complexity index is 1320. The highest BCUT2D eigenvalue weighted by Gasteiger charge is 2.31. The first-order chi connectivity index (χ1) is 17.0. The Kier molecular flexibility index (Phi) is 6.35. The number of likely N-dealkylation sites (tertiary alicyclic amines) is 1. The van der Waals surface area contributed by atoms with Gasteiger partial charge in [-0.15, -0.1) is 0 Å². The number of hydrogen-bond acceptors (Lipinski definition) is 4. The number of H-pyrrole nitrogens is 1. The van der Waals surface area contributed by atoms with Crippen molar-refractivity contribution in [2.75, 3.05) is 19.6 Å². The van der Waals surface area contributed by atoms with E-state index < -0.39 is 0 Å². The van der Waals surface area contributed by atoms with Gasteiger partial charge >= 0.3 is 0 Å². The van der Waals surface area contributed by atoms with Crippen molar-refractivity contribution in [2.24, 2.45) is 5.92 Å². The van der Waals surface area contributed by atoms with E-state index in [4.69, 9.17) is 0 Å². The van der Waals surface area contributed by atoms with E-state index in [1.807, 2.05) is 35.0 Å².